The Hall–Kier alpha value is -1.38. The van der Waals surface area contributed by atoms with Crippen LogP contribution in [0.3, 0.4) is 0 Å². The number of carbonyl (C=O) groups excluding carboxylic acids is 1. The highest BCUT2D eigenvalue weighted by Crippen LogP contribution is 2.37. The molecule has 0 bridgehead atoms. The molecule has 0 aliphatic heterocycles. The molecule has 1 aromatic heterocycles. The number of ether oxygens (including phenoxy) is 1. The fourth-order valence-electron chi connectivity index (χ4n) is 3.00. The predicted octanol–water partition coefficient (Wildman–Crippen LogP) is 6.27. The monoisotopic (exact) mass is 511 g/mol. The van der Waals surface area contributed by atoms with Crippen LogP contribution in [-0.2, 0) is 15.7 Å². The lowest BCUT2D eigenvalue weighted by Crippen LogP contribution is -2.44. The molecule has 0 spiro atoms. The molecule has 0 saturated carbocycles. The lowest BCUT2D eigenvalue weighted by Gasteiger charge is -2.37. The van der Waals surface area contributed by atoms with E-state index in [4.69, 9.17) is 14.1 Å². The van der Waals surface area contributed by atoms with Gasteiger partial charge in [-0.05, 0) is 73.9 Å². The van der Waals surface area contributed by atoms with Gasteiger partial charge in [-0.3, -0.25) is 0 Å². The van der Waals surface area contributed by atoms with Crippen LogP contribution in [0.2, 0.25) is 18.1 Å². The molecule has 0 fully saturated rings. The molecule has 1 atom stereocenters. The molecule has 1 aromatic carbocycles. The number of imidazole rings is 1. The van der Waals surface area contributed by atoms with Gasteiger partial charge in [-0.1, -0.05) is 26.8 Å². The molecule has 2 rings (SSSR count). The number of hydrogen-bond donors (Lipinski definition) is 1. The molecule has 2 aromatic rings. The SMILES string of the molecule is Cc1nc2cccc(Br)c2n1CC(CNC(=O)OC(C)(C)C)CO[Si](C)(C)C(C)(C)C. The minimum Gasteiger partial charge on any atom is -0.444 e. The van der Waals surface area contributed by atoms with Gasteiger partial charge in [0.2, 0.25) is 0 Å². The second-order valence-electron chi connectivity index (χ2n) is 10.7. The minimum absolute atomic E-state index is 0.0739. The Morgan fingerprint density at radius 3 is 2.45 bits per heavy atom. The van der Waals surface area contributed by atoms with E-state index in [0.717, 1.165) is 21.3 Å². The number of aryl methyl sites for hydroxylation is 1. The average Bonchev–Trinajstić information content (AvgIpc) is 2.91. The van der Waals surface area contributed by atoms with Gasteiger partial charge in [0, 0.05) is 30.1 Å². The largest absolute Gasteiger partial charge is 0.444 e. The number of benzene rings is 1. The van der Waals surface area contributed by atoms with Gasteiger partial charge in [-0.2, -0.15) is 0 Å². The molecular weight excluding hydrogens is 474 g/mol. The lowest BCUT2D eigenvalue weighted by molar-refractivity contribution is 0.0511. The third-order valence-electron chi connectivity index (χ3n) is 5.77. The highest BCUT2D eigenvalue weighted by molar-refractivity contribution is 9.10. The van der Waals surface area contributed by atoms with Crippen molar-refractivity contribution in [3.8, 4) is 0 Å². The maximum atomic E-state index is 12.3. The summed E-state index contributed by atoms with van der Waals surface area (Å²) in [5.41, 5.74) is 1.49. The van der Waals surface area contributed by atoms with E-state index in [0.29, 0.717) is 19.7 Å². The van der Waals surface area contributed by atoms with Crippen molar-refractivity contribution >= 4 is 41.4 Å². The van der Waals surface area contributed by atoms with Crippen LogP contribution in [0.1, 0.15) is 47.4 Å². The van der Waals surface area contributed by atoms with Crippen LogP contribution in [0.15, 0.2) is 22.7 Å². The molecule has 174 valence electrons. The zero-order chi connectivity index (χ0) is 23.6. The van der Waals surface area contributed by atoms with Gasteiger partial charge in [0.05, 0.1) is 11.0 Å². The topological polar surface area (TPSA) is 65.4 Å². The van der Waals surface area contributed by atoms with E-state index >= 15 is 0 Å². The number of nitrogens with zero attached hydrogens (tertiary/aromatic N) is 2. The van der Waals surface area contributed by atoms with Crippen LogP contribution in [0.5, 0.6) is 0 Å². The van der Waals surface area contributed by atoms with Crippen LogP contribution >= 0.6 is 15.9 Å². The number of para-hydroxylation sites is 1. The number of amides is 1. The Balaban J connectivity index is 2.23. The third-order valence-corrected chi connectivity index (χ3v) is 10.9. The fraction of sp³-hybridized carbons (Fsp3) is 0.652. The van der Waals surface area contributed by atoms with Gasteiger partial charge in [-0.25, -0.2) is 9.78 Å². The van der Waals surface area contributed by atoms with E-state index in [2.05, 4.69) is 59.7 Å². The van der Waals surface area contributed by atoms with E-state index in [1.54, 1.807) is 0 Å². The number of alkyl carbamates (subject to hydrolysis) is 1. The van der Waals surface area contributed by atoms with E-state index in [1.807, 2.05) is 45.9 Å². The normalized spacial score (nSPS) is 14.0. The van der Waals surface area contributed by atoms with Gasteiger partial charge < -0.3 is 19.0 Å². The summed E-state index contributed by atoms with van der Waals surface area (Å²) >= 11 is 3.67. The lowest BCUT2D eigenvalue weighted by atomic mass is 10.1. The summed E-state index contributed by atoms with van der Waals surface area (Å²) in [6, 6.07) is 6.04. The Kier molecular flexibility index (Phi) is 8.03. The molecule has 1 heterocycles. The number of halogens is 1. The summed E-state index contributed by atoms with van der Waals surface area (Å²) in [4.78, 5) is 17.0. The van der Waals surface area contributed by atoms with Crippen molar-refractivity contribution in [2.24, 2.45) is 5.92 Å². The molecule has 0 aliphatic rings. The van der Waals surface area contributed by atoms with Crippen molar-refractivity contribution in [3.05, 3.63) is 28.5 Å². The Bertz CT molecular complexity index is 913. The van der Waals surface area contributed by atoms with Gasteiger partial charge in [0.1, 0.15) is 11.4 Å². The second-order valence-corrected chi connectivity index (χ2v) is 16.4. The number of nitrogens with one attached hydrogen (secondary N) is 1. The summed E-state index contributed by atoms with van der Waals surface area (Å²) in [6.45, 7) is 20.5. The molecule has 1 unspecified atom stereocenters. The smallest absolute Gasteiger partial charge is 0.407 e. The molecule has 0 radical (unpaired) electrons. The zero-order valence-electron chi connectivity index (χ0n) is 20.4. The first kappa shape index (κ1) is 25.9. The van der Waals surface area contributed by atoms with Crippen LogP contribution in [0, 0.1) is 12.8 Å². The van der Waals surface area contributed by atoms with Crippen molar-refractivity contribution in [1.82, 2.24) is 14.9 Å². The molecule has 31 heavy (non-hydrogen) atoms. The summed E-state index contributed by atoms with van der Waals surface area (Å²) in [5, 5.41) is 3.06. The molecule has 0 aliphatic carbocycles. The maximum Gasteiger partial charge on any atom is 0.407 e. The number of rotatable bonds is 7. The van der Waals surface area contributed by atoms with Gasteiger partial charge >= 0.3 is 6.09 Å². The first-order chi connectivity index (χ1) is 14.1. The third kappa shape index (κ3) is 7.05. The van der Waals surface area contributed by atoms with Gasteiger partial charge in [0.15, 0.2) is 8.32 Å². The molecule has 8 heteroatoms. The number of carbonyl (C=O) groups is 1. The van der Waals surface area contributed by atoms with Gasteiger partial charge in [0.25, 0.3) is 0 Å². The quantitative estimate of drug-likeness (QED) is 0.444. The fourth-order valence-corrected chi connectivity index (χ4v) is 4.66. The Morgan fingerprint density at radius 2 is 1.87 bits per heavy atom. The van der Waals surface area contributed by atoms with E-state index in [1.165, 1.54) is 0 Å². The van der Waals surface area contributed by atoms with Crippen molar-refractivity contribution in [3.63, 3.8) is 0 Å². The average molecular weight is 513 g/mol. The summed E-state index contributed by atoms with van der Waals surface area (Å²) in [6.07, 6.45) is -0.404. The standard InChI is InChI=1S/C23H38BrN3O3Si/c1-16-26-19-12-10-11-18(24)20(19)27(16)14-17(13-25-21(28)30-22(2,3)4)15-29-31(8,9)23(5,6)7/h10-12,17H,13-15H2,1-9H3,(H,25,28). The first-order valence-electron chi connectivity index (χ1n) is 10.8. The highest BCUT2D eigenvalue weighted by atomic mass is 79.9. The van der Waals surface area contributed by atoms with Crippen LogP contribution < -0.4 is 5.32 Å². The predicted molar refractivity (Wildman–Crippen MR) is 133 cm³/mol. The van der Waals surface area contributed by atoms with E-state index in [-0.39, 0.29) is 11.0 Å². The highest BCUT2D eigenvalue weighted by Gasteiger charge is 2.37. The first-order valence-corrected chi connectivity index (χ1v) is 14.5. The molecule has 0 saturated heterocycles. The molecular formula is C23H38BrN3O3Si. The Morgan fingerprint density at radius 1 is 1.23 bits per heavy atom. The molecule has 1 amide bonds. The summed E-state index contributed by atoms with van der Waals surface area (Å²) < 4.78 is 15.2. The minimum atomic E-state index is -1.92. The van der Waals surface area contributed by atoms with Gasteiger partial charge in [-0.15, -0.1) is 0 Å². The van der Waals surface area contributed by atoms with Crippen molar-refractivity contribution in [2.75, 3.05) is 13.2 Å². The van der Waals surface area contributed by atoms with Crippen LogP contribution in [0.25, 0.3) is 11.0 Å². The number of fused-ring (bicyclic) bond motifs is 1. The van der Waals surface area contributed by atoms with Crippen molar-refractivity contribution in [1.29, 1.82) is 0 Å². The molecule has 6 nitrogen and oxygen atoms in total. The zero-order valence-corrected chi connectivity index (χ0v) is 23.0. The maximum absolute atomic E-state index is 12.3. The van der Waals surface area contributed by atoms with Crippen molar-refractivity contribution in [2.45, 2.75) is 78.7 Å². The number of aromatic nitrogens is 2. The van der Waals surface area contributed by atoms with Crippen LogP contribution in [-0.4, -0.2) is 42.7 Å². The van der Waals surface area contributed by atoms with Crippen LogP contribution in [0.4, 0.5) is 4.79 Å². The number of hydrogen-bond acceptors (Lipinski definition) is 4. The summed E-state index contributed by atoms with van der Waals surface area (Å²) in [7, 11) is -1.92. The van der Waals surface area contributed by atoms with E-state index in [9.17, 15) is 4.79 Å². The van der Waals surface area contributed by atoms with Crippen molar-refractivity contribution < 1.29 is 14.0 Å². The Labute approximate surface area is 196 Å². The summed E-state index contributed by atoms with van der Waals surface area (Å²) in [5.74, 6) is 1.02. The second kappa shape index (κ2) is 9.63. The van der Waals surface area contributed by atoms with E-state index < -0.39 is 20.0 Å². The molecule has 1 N–H and O–H groups in total.